The zero-order valence-corrected chi connectivity index (χ0v) is 20.1. The van der Waals surface area contributed by atoms with Crippen molar-refractivity contribution in [2.75, 3.05) is 13.2 Å². The van der Waals surface area contributed by atoms with E-state index in [0.717, 1.165) is 0 Å². The molecule has 5 rings (SSSR count). The van der Waals surface area contributed by atoms with Crippen LogP contribution in [0.2, 0.25) is 0 Å². The van der Waals surface area contributed by atoms with Gasteiger partial charge >= 0.3 is 5.97 Å². The highest BCUT2D eigenvalue weighted by Gasteiger charge is 2.77. The normalized spacial score (nSPS) is 52.8. The number of Topliss-reactive ketones (excluding diaryl/α,β-unsaturated/α-hetero) is 1. The summed E-state index contributed by atoms with van der Waals surface area (Å²) in [6.45, 7) is 7.68. The summed E-state index contributed by atoms with van der Waals surface area (Å²) in [7, 11) is 0. The Morgan fingerprint density at radius 2 is 1.91 bits per heavy atom. The van der Waals surface area contributed by atoms with Crippen LogP contribution < -0.4 is 0 Å². The number of hydrogen-bond donors (Lipinski definition) is 3. The predicted octanol–water partition coefficient (Wildman–Crippen LogP) is 1.72. The van der Waals surface area contributed by atoms with Gasteiger partial charge in [-0.2, -0.15) is 0 Å². The van der Waals surface area contributed by atoms with Crippen LogP contribution in [0.4, 0.5) is 0 Å². The number of aliphatic hydroxyl groups excluding tert-OH is 1. The quantitative estimate of drug-likeness (QED) is 0.526. The van der Waals surface area contributed by atoms with Crippen LogP contribution in [0.15, 0.2) is 0 Å². The molecule has 0 unspecified atom stereocenters. The molecule has 8 heteroatoms. The highest BCUT2D eigenvalue weighted by molar-refractivity contribution is 5.82. The Bertz CT molecular complexity index is 857. The number of fused-ring (bicyclic) bond motifs is 3. The fourth-order valence-corrected chi connectivity index (χ4v) is 8.70. The van der Waals surface area contributed by atoms with E-state index in [0.29, 0.717) is 25.7 Å². The first-order valence-corrected chi connectivity index (χ1v) is 12.5. The molecule has 1 heterocycles. The molecule has 1 spiro atoms. The van der Waals surface area contributed by atoms with Crippen molar-refractivity contribution in [3.63, 3.8) is 0 Å². The van der Waals surface area contributed by atoms with Gasteiger partial charge in [0.1, 0.15) is 5.78 Å². The molecule has 0 amide bonds. The Morgan fingerprint density at radius 3 is 2.61 bits per heavy atom. The van der Waals surface area contributed by atoms with Crippen molar-refractivity contribution < 1.29 is 39.1 Å². The average Bonchev–Trinajstić information content (AvgIpc) is 2.97. The number of ketones is 1. The summed E-state index contributed by atoms with van der Waals surface area (Å²) < 4.78 is 17.7. The number of esters is 1. The molecule has 9 atom stereocenters. The third-order valence-electron chi connectivity index (χ3n) is 10.1. The van der Waals surface area contributed by atoms with Gasteiger partial charge in [0.25, 0.3) is 0 Å². The lowest BCUT2D eigenvalue weighted by molar-refractivity contribution is -0.390. The molecule has 5 aliphatic rings. The van der Waals surface area contributed by atoms with Gasteiger partial charge < -0.3 is 29.5 Å². The van der Waals surface area contributed by atoms with E-state index in [1.165, 1.54) is 0 Å². The van der Waals surface area contributed by atoms with E-state index in [-0.39, 0.29) is 50.1 Å². The summed E-state index contributed by atoms with van der Waals surface area (Å²) in [4.78, 5) is 25.5. The lowest BCUT2D eigenvalue weighted by atomic mass is 9.40. The molecule has 0 radical (unpaired) electrons. The molecule has 186 valence electrons. The number of carbonyl (C=O) groups excluding carboxylic acids is 2. The van der Waals surface area contributed by atoms with Crippen LogP contribution in [0.3, 0.4) is 0 Å². The molecule has 33 heavy (non-hydrogen) atoms. The van der Waals surface area contributed by atoms with Gasteiger partial charge in [0, 0.05) is 24.2 Å². The van der Waals surface area contributed by atoms with Crippen molar-refractivity contribution in [1.29, 1.82) is 0 Å². The summed E-state index contributed by atoms with van der Waals surface area (Å²) in [6.07, 6.45) is 0.615. The van der Waals surface area contributed by atoms with Gasteiger partial charge in [-0.25, -0.2) is 0 Å². The number of ether oxygens (including phenoxy) is 3. The second kappa shape index (κ2) is 7.23. The number of hydrogen-bond acceptors (Lipinski definition) is 8. The molecule has 0 aromatic heterocycles. The van der Waals surface area contributed by atoms with Crippen LogP contribution in [-0.4, -0.2) is 69.5 Å². The first-order valence-electron chi connectivity index (χ1n) is 12.5. The Hall–Kier alpha value is -1.06. The van der Waals surface area contributed by atoms with Crippen LogP contribution >= 0.6 is 0 Å². The Morgan fingerprint density at radius 1 is 1.18 bits per heavy atom. The highest BCUT2D eigenvalue weighted by Crippen LogP contribution is 2.70. The third kappa shape index (κ3) is 2.94. The van der Waals surface area contributed by atoms with E-state index in [1.807, 2.05) is 6.92 Å². The zero-order chi connectivity index (χ0) is 24.0. The van der Waals surface area contributed by atoms with Crippen LogP contribution in [0, 0.1) is 28.6 Å². The average molecular weight is 467 g/mol. The molecule has 0 bridgehead atoms. The maximum atomic E-state index is 12.8. The molecule has 4 aliphatic carbocycles. The molecule has 8 nitrogen and oxygen atoms in total. The lowest BCUT2D eigenvalue weighted by Gasteiger charge is -2.70. The number of rotatable bonds is 2. The van der Waals surface area contributed by atoms with Crippen molar-refractivity contribution in [3.05, 3.63) is 0 Å². The van der Waals surface area contributed by atoms with Gasteiger partial charge in [0.2, 0.25) is 0 Å². The Balaban J connectivity index is 1.59. The van der Waals surface area contributed by atoms with Gasteiger partial charge in [-0.1, -0.05) is 6.92 Å². The minimum absolute atomic E-state index is 0.00767. The maximum Gasteiger partial charge on any atom is 0.309 e. The minimum atomic E-state index is -1.37. The molecule has 1 saturated heterocycles. The summed E-state index contributed by atoms with van der Waals surface area (Å²) in [5.41, 5.74) is -4.39. The molecular weight excluding hydrogens is 428 g/mol. The third-order valence-corrected chi connectivity index (χ3v) is 10.1. The van der Waals surface area contributed by atoms with Crippen LogP contribution in [-0.2, 0) is 23.8 Å². The Labute approximate surface area is 195 Å². The molecule has 5 fully saturated rings. The summed E-state index contributed by atoms with van der Waals surface area (Å²) in [5.74, 6) is -2.63. The second-order valence-electron chi connectivity index (χ2n) is 11.9. The Kier molecular flexibility index (Phi) is 5.19. The van der Waals surface area contributed by atoms with E-state index >= 15 is 0 Å². The fraction of sp³-hybridized carbons (Fsp3) is 0.920. The SMILES string of the molecule is CCOC(=O)[C@@H]1CC[C@]2(O)[C@H]3CC[C@@]4(O)CC(=O)C[C@@H]5OC(C)(C)OC[C@]54[C@@H]3[C@H](O)C[C@@]12C. The molecule has 4 saturated carbocycles. The van der Waals surface area contributed by atoms with Gasteiger partial charge in [0.15, 0.2) is 5.79 Å². The van der Waals surface area contributed by atoms with Crippen molar-refractivity contribution in [3.8, 4) is 0 Å². The van der Waals surface area contributed by atoms with Crippen molar-refractivity contribution in [2.45, 2.75) is 102 Å². The first kappa shape index (κ1) is 23.7. The fourth-order valence-electron chi connectivity index (χ4n) is 8.70. The standard InChI is InChI=1S/C25H38O8/c1-5-31-20(28)16-7-9-25(30)15-6-8-23(29)11-14(26)10-18-24(23,13-32-21(2,3)33-18)19(15)17(27)12-22(16,25)4/h15-19,27,29-30H,5-13H2,1-4H3/t15-,16-,17+,18-,19-,22-,23+,24+,25-/m0/s1. The molecule has 0 aromatic carbocycles. The van der Waals surface area contributed by atoms with E-state index in [9.17, 15) is 24.9 Å². The van der Waals surface area contributed by atoms with Gasteiger partial charge in [-0.05, 0) is 58.8 Å². The van der Waals surface area contributed by atoms with E-state index in [2.05, 4.69) is 0 Å². The maximum absolute atomic E-state index is 12.8. The van der Waals surface area contributed by atoms with Crippen molar-refractivity contribution in [2.24, 2.45) is 28.6 Å². The molecule has 3 N–H and O–H groups in total. The number of carbonyl (C=O) groups is 2. The van der Waals surface area contributed by atoms with E-state index in [4.69, 9.17) is 14.2 Å². The second-order valence-corrected chi connectivity index (χ2v) is 11.9. The lowest BCUT2D eigenvalue weighted by Crippen LogP contribution is -2.77. The smallest absolute Gasteiger partial charge is 0.309 e. The summed E-state index contributed by atoms with van der Waals surface area (Å²) >= 11 is 0. The largest absolute Gasteiger partial charge is 0.466 e. The monoisotopic (exact) mass is 466 g/mol. The minimum Gasteiger partial charge on any atom is -0.466 e. The van der Waals surface area contributed by atoms with Crippen molar-refractivity contribution >= 4 is 11.8 Å². The molecule has 0 aromatic rings. The van der Waals surface area contributed by atoms with E-state index < -0.39 is 51.9 Å². The highest BCUT2D eigenvalue weighted by atomic mass is 16.7. The number of aliphatic hydroxyl groups is 3. The van der Waals surface area contributed by atoms with Gasteiger partial charge in [-0.3, -0.25) is 9.59 Å². The predicted molar refractivity (Wildman–Crippen MR) is 116 cm³/mol. The molecular formula is C25H38O8. The van der Waals surface area contributed by atoms with Crippen LogP contribution in [0.5, 0.6) is 0 Å². The van der Waals surface area contributed by atoms with Gasteiger partial charge in [-0.15, -0.1) is 0 Å². The van der Waals surface area contributed by atoms with Crippen LogP contribution in [0.25, 0.3) is 0 Å². The van der Waals surface area contributed by atoms with Gasteiger partial charge in [0.05, 0.1) is 48.0 Å². The van der Waals surface area contributed by atoms with Crippen molar-refractivity contribution in [1.82, 2.24) is 0 Å². The molecule has 1 aliphatic heterocycles. The zero-order valence-electron chi connectivity index (χ0n) is 20.1. The summed E-state index contributed by atoms with van der Waals surface area (Å²) in [6, 6.07) is 0. The first-order chi connectivity index (χ1) is 15.3. The van der Waals surface area contributed by atoms with E-state index in [1.54, 1.807) is 20.8 Å². The van der Waals surface area contributed by atoms with Crippen LogP contribution in [0.1, 0.15) is 72.6 Å². The summed E-state index contributed by atoms with van der Waals surface area (Å²) in [5, 5.41) is 35.8. The topological polar surface area (TPSA) is 123 Å².